The maximum atomic E-state index is 12.8. The summed E-state index contributed by atoms with van der Waals surface area (Å²) in [6.45, 7) is 2.52. The first kappa shape index (κ1) is 18.4. The van der Waals surface area contributed by atoms with Gasteiger partial charge in [-0.25, -0.2) is 8.42 Å². The van der Waals surface area contributed by atoms with Crippen LogP contribution >= 0.6 is 0 Å². The van der Waals surface area contributed by atoms with E-state index in [1.165, 1.54) is 10.4 Å². The quantitative estimate of drug-likeness (QED) is 0.881. The second-order valence-electron chi connectivity index (χ2n) is 6.87. The summed E-state index contributed by atoms with van der Waals surface area (Å²) in [6.07, 6.45) is 4.90. The van der Waals surface area contributed by atoms with E-state index in [-0.39, 0.29) is 10.8 Å². The number of carbonyl (C=O) groups excluding carboxylic acids is 1. The Morgan fingerprint density at radius 3 is 2.60 bits per heavy atom. The molecule has 0 spiro atoms. The summed E-state index contributed by atoms with van der Waals surface area (Å²) in [5.41, 5.74) is 0.454. The lowest BCUT2D eigenvalue weighted by atomic mass is 10.0. The van der Waals surface area contributed by atoms with Gasteiger partial charge in [0, 0.05) is 37.8 Å². The number of hydrogen-bond donors (Lipinski definition) is 1. The van der Waals surface area contributed by atoms with Crippen LogP contribution in [0.15, 0.2) is 29.2 Å². The molecule has 138 valence electrons. The largest absolute Gasteiger partial charge is 0.337 e. The minimum atomic E-state index is -3.51. The van der Waals surface area contributed by atoms with E-state index in [0.717, 1.165) is 38.6 Å². The van der Waals surface area contributed by atoms with Gasteiger partial charge in [-0.15, -0.1) is 0 Å². The Bertz CT molecular complexity index is 714. The van der Waals surface area contributed by atoms with Gasteiger partial charge in [0.2, 0.25) is 10.0 Å². The van der Waals surface area contributed by atoms with Crippen molar-refractivity contribution in [3.8, 4) is 0 Å². The molecule has 2 aliphatic rings. The Balaban J connectivity index is 1.80. The van der Waals surface area contributed by atoms with Gasteiger partial charge in [-0.3, -0.25) is 4.79 Å². The van der Waals surface area contributed by atoms with Gasteiger partial charge in [0.25, 0.3) is 5.91 Å². The summed E-state index contributed by atoms with van der Waals surface area (Å²) in [5, 5.41) is 3.22. The molecule has 0 bridgehead atoms. The minimum absolute atomic E-state index is 0.0874. The van der Waals surface area contributed by atoms with Crippen LogP contribution in [-0.4, -0.2) is 62.8 Å². The maximum Gasteiger partial charge on any atom is 0.253 e. The zero-order chi connectivity index (χ0) is 17.9. The fourth-order valence-corrected chi connectivity index (χ4v) is 5.19. The number of nitrogens with one attached hydrogen (secondary N) is 1. The molecular weight excluding hydrogens is 338 g/mol. The molecule has 0 radical (unpaired) electrons. The molecule has 0 aromatic heterocycles. The van der Waals surface area contributed by atoms with Crippen LogP contribution in [0, 0.1) is 0 Å². The second-order valence-corrected chi connectivity index (χ2v) is 8.81. The molecule has 7 heteroatoms. The standard InChI is InChI=1S/C18H27N3O3S/c1-19-16-8-6-10-20(14-16)18(22)15-7-5-9-17(13-15)25(23,24)21-11-3-2-4-12-21/h5,7,9,13,16,19H,2-4,6,8,10-12,14H2,1H3. The smallest absolute Gasteiger partial charge is 0.253 e. The average Bonchev–Trinajstić information content (AvgIpc) is 2.68. The molecule has 25 heavy (non-hydrogen) atoms. The summed E-state index contributed by atoms with van der Waals surface area (Å²) < 4.78 is 27.2. The zero-order valence-electron chi connectivity index (χ0n) is 14.8. The number of hydrogen-bond acceptors (Lipinski definition) is 4. The molecule has 3 rings (SSSR count). The summed E-state index contributed by atoms with van der Waals surface area (Å²) >= 11 is 0. The van der Waals surface area contributed by atoms with Crippen molar-refractivity contribution < 1.29 is 13.2 Å². The number of carbonyl (C=O) groups is 1. The number of likely N-dealkylation sites (N-methyl/N-ethyl adjacent to an activating group) is 1. The number of sulfonamides is 1. The summed E-state index contributed by atoms with van der Waals surface area (Å²) in [7, 11) is -1.61. The first-order valence-electron chi connectivity index (χ1n) is 9.09. The molecule has 2 saturated heterocycles. The van der Waals surface area contributed by atoms with Crippen LogP contribution in [0.3, 0.4) is 0 Å². The SMILES string of the molecule is CNC1CCCN(C(=O)c2cccc(S(=O)(=O)N3CCCCC3)c2)C1. The Labute approximate surface area is 150 Å². The van der Waals surface area contributed by atoms with E-state index < -0.39 is 10.0 Å². The minimum Gasteiger partial charge on any atom is -0.337 e. The fraction of sp³-hybridized carbons (Fsp3) is 0.611. The Hall–Kier alpha value is -1.44. The molecule has 1 amide bonds. The van der Waals surface area contributed by atoms with Crippen molar-refractivity contribution in [2.24, 2.45) is 0 Å². The predicted molar refractivity (Wildman–Crippen MR) is 97.0 cm³/mol. The molecule has 1 atom stereocenters. The first-order valence-corrected chi connectivity index (χ1v) is 10.5. The fourth-order valence-electron chi connectivity index (χ4n) is 3.62. The van der Waals surface area contributed by atoms with Crippen molar-refractivity contribution in [3.63, 3.8) is 0 Å². The van der Waals surface area contributed by atoms with Crippen LogP contribution in [0.5, 0.6) is 0 Å². The summed E-state index contributed by atoms with van der Waals surface area (Å²) in [5.74, 6) is -0.0874. The van der Waals surface area contributed by atoms with E-state index in [1.807, 2.05) is 11.9 Å². The van der Waals surface area contributed by atoms with Gasteiger partial charge in [-0.1, -0.05) is 12.5 Å². The van der Waals surface area contributed by atoms with Crippen LogP contribution in [-0.2, 0) is 10.0 Å². The lowest BCUT2D eigenvalue weighted by Crippen LogP contribution is -2.47. The maximum absolute atomic E-state index is 12.8. The van der Waals surface area contributed by atoms with Crippen LogP contribution in [0.4, 0.5) is 0 Å². The number of piperidine rings is 2. The molecule has 1 unspecified atom stereocenters. The van der Waals surface area contributed by atoms with Crippen LogP contribution in [0.25, 0.3) is 0 Å². The van der Waals surface area contributed by atoms with E-state index in [4.69, 9.17) is 0 Å². The van der Waals surface area contributed by atoms with Crippen molar-refractivity contribution in [2.45, 2.75) is 43.0 Å². The molecule has 2 aliphatic heterocycles. The summed E-state index contributed by atoms with van der Waals surface area (Å²) in [6, 6.07) is 6.81. The molecule has 1 aromatic carbocycles. The van der Waals surface area contributed by atoms with Gasteiger partial charge in [0.1, 0.15) is 0 Å². The molecule has 0 aliphatic carbocycles. The number of nitrogens with zero attached hydrogens (tertiary/aromatic N) is 2. The number of benzene rings is 1. The Kier molecular flexibility index (Phi) is 5.76. The first-order chi connectivity index (χ1) is 12.0. The monoisotopic (exact) mass is 365 g/mol. The Morgan fingerprint density at radius 1 is 1.12 bits per heavy atom. The third kappa shape index (κ3) is 4.04. The lowest BCUT2D eigenvalue weighted by Gasteiger charge is -2.32. The highest BCUT2D eigenvalue weighted by Gasteiger charge is 2.28. The van der Waals surface area contributed by atoms with E-state index in [1.54, 1.807) is 18.2 Å². The topological polar surface area (TPSA) is 69.7 Å². The third-order valence-electron chi connectivity index (χ3n) is 5.15. The third-order valence-corrected chi connectivity index (χ3v) is 7.05. The van der Waals surface area contributed by atoms with Crippen molar-refractivity contribution in [3.05, 3.63) is 29.8 Å². The van der Waals surface area contributed by atoms with E-state index >= 15 is 0 Å². The predicted octanol–water partition coefficient (Wildman–Crippen LogP) is 1.69. The van der Waals surface area contributed by atoms with Crippen molar-refractivity contribution in [1.82, 2.24) is 14.5 Å². The average molecular weight is 365 g/mol. The number of rotatable bonds is 4. The molecule has 0 saturated carbocycles. The Morgan fingerprint density at radius 2 is 1.88 bits per heavy atom. The lowest BCUT2D eigenvalue weighted by molar-refractivity contribution is 0.0698. The number of amides is 1. The van der Waals surface area contributed by atoms with Crippen molar-refractivity contribution in [2.75, 3.05) is 33.2 Å². The highest BCUT2D eigenvalue weighted by atomic mass is 32.2. The highest BCUT2D eigenvalue weighted by Crippen LogP contribution is 2.22. The van der Waals surface area contributed by atoms with Gasteiger partial charge >= 0.3 is 0 Å². The number of likely N-dealkylation sites (tertiary alicyclic amines) is 1. The normalized spacial score (nSPS) is 22.8. The highest BCUT2D eigenvalue weighted by molar-refractivity contribution is 7.89. The van der Waals surface area contributed by atoms with E-state index in [9.17, 15) is 13.2 Å². The van der Waals surface area contributed by atoms with E-state index in [2.05, 4.69) is 5.32 Å². The van der Waals surface area contributed by atoms with Crippen LogP contribution in [0.1, 0.15) is 42.5 Å². The molecular formula is C18H27N3O3S. The van der Waals surface area contributed by atoms with Gasteiger partial charge in [0.05, 0.1) is 4.90 Å². The van der Waals surface area contributed by atoms with E-state index in [0.29, 0.717) is 31.2 Å². The van der Waals surface area contributed by atoms with Crippen LogP contribution in [0.2, 0.25) is 0 Å². The molecule has 1 N–H and O–H groups in total. The van der Waals surface area contributed by atoms with Crippen molar-refractivity contribution >= 4 is 15.9 Å². The summed E-state index contributed by atoms with van der Waals surface area (Å²) in [4.78, 5) is 14.8. The molecule has 1 aromatic rings. The van der Waals surface area contributed by atoms with Gasteiger partial charge in [-0.2, -0.15) is 4.31 Å². The van der Waals surface area contributed by atoms with Gasteiger partial charge in [0.15, 0.2) is 0 Å². The van der Waals surface area contributed by atoms with Gasteiger partial charge < -0.3 is 10.2 Å². The second kappa shape index (κ2) is 7.85. The zero-order valence-corrected chi connectivity index (χ0v) is 15.6. The van der Waals surface area contributed by atoms with Gasteiger partial charge in [-0.05, 0) is 50.9 Å². The van der Waals surface area contributed by atoms with Crippen molar-refractivity contribution in [1.29, 1.82) is 0 Å². The molecule has 2 heterocycles. The molecule has 2 fully saturated rings. The van der Waals surface area contributed by atoms with Crippen LogP contribution < -0.4 is 5.32 Å². The molecule has 6 nitrogen and oxygen atoms in total.